The molecule has 0 radical (unpaired) electrons. The van der Waals surface area contributed by atoms with Crippen molar-refractivity contribution in [2.75, 3.05) is 24.8 Å². The van der Waals surface area contributed by atoms with E-state index in [2.05, 4.69) is 74.9 Å². The Bertz CT molecular complexity index is 1480. The molecule has 3 heterocycles. The second-order valence-electron chi connectivity index (χ2n) is 14.8. The highest BCUT2D eigenvalue weighted by molar-refractivity contribution is 6.76. The first-order valence-corrected chi connectivity index (χ1v) is 20.3. The summed E-state index contributed by atoms with van der Waals surface area (Å²) >= 11 is 0. The Kier molecular flexibility index (Phi) is 8.43. The molecule has 1 atom stereocenters. The third kappa shape index (κ3) is 5.71. The van der Waals surface area contributed by atoms with Gasteiger partial charge in [-0.1, -0.05) is 82.7 Å². The van der Waals surface area contributed by atoms with Gasteiger partial charge in [0, 0.05) is 38.9 Å². The van der Waals surface area contributed by atoms with Crippen molar-refractivity contribution in [1.82, 2.24) is 9.88 Å². The molecule has 0 bridgehead atoms. The lowest BCUT2D eigenvalue weighted by atomic mass is 9.79. The molecule has 8 heteroatoms. The lowest BCUT2D eigenvalue weighted by molar-refractivity contribution is -0.127. The van der Waals surface area contributed by atoms with Crippen molar-refractivity contribution < 1.29 is 14.3 Å². The van der Waals surface area contributed by atoms with E-state index in [1.165, 1.54) is 24.0 Å². The maximum atomic E-state index is 14.1. The Morgan fingerprint density at radius 1 is 1.02 bits per heavy atom. The summed E-state index contributed by atoms with van der Waals surface area (Å²) in [6.07, 6.45) is 13.9. The first-order valence-electron chi connectivity index (χ1n) is 16.6. The number of benzene rings is 1. The van der Waals surface area contributed by atoms with Gasteiger partial charge in [0.05, 0.1) is 5.41 Å². The number of anilines is 1. The van der Waals surface area contributed by atoms with Crippen LogP contribution in [0.3, 0.4) is 0 Å². The molecule has 234 valence electrons. The van der Waals surface area contributed by atoms with Crippen LogP contribution in [-0.2, 0) is 32.6 Å². The van der Waals surface area contributed by atoms with Crippen LogP contribution in [0.25, 0.3) is 6.08 Å². The Labute approximate surface area is 263 Å². The molecule has 4 aliphatic rings. The average Bonchev–Trinajstić information content (AvgIpc) is 3.48. The standard InChI is InChI=1S/C36H48N4O3Si/c1-26(2)31-33(41)40(36(38-31)16-8-6-7-9-17-36)19-11-12-27-14-15-28-23-35(24-29(28)22-27)30-13-10-18-37-32(30)39(34(35)42)25-43-20-21-44(3,4)5/h10-15,18,22,26H,6-9,16-17,19-21,23-25H2,1-5H3. The predicted octanol–water partition coefficient (Wildman–Crippen LogP) is 6.78. The molecule has 2 spiro atoms. The Morgan fingerprint density at radius 2 is 1.77 bits per heavy atom. The summed E-state index contributed by atoms with van der Waals surface area (Å²) in [4.78, 5) is 41.1. The first-order chi connectivity index (χ1) is 21.0. The Balaban J connectivity index is 1.17. The molecular weight excluding hydrogens is 565 g/mol. The van der Waals surface area contributed by atoms with E-state index in [1.54, 1.807) is 11.1 Å². The van der Waals surface area contributed by atoms with Crippen LogP contribution < -0.4 is 4.90 Å². The molecule has 44 heavy (non-hydrogen) atoms. The van der Waals surface area contributed by atoms with Crippen LogP contribution in [0.1, 0.15) is 74.6 Å². The molecule has 1 unspecified atom stereocenters. The van der Waals surface area contributed by atoms with Gasteiger partial charge in [0.1, 0.15) is 23.9 Å². The number of aromatic nitrogens is 1. The normalized spacial score (nSPS) is 22.9. The number of hydrogen-bond donors (Lipinski definition) is 0. The zero-order chi connectivity index (χ0) is 31.1. The van der Waals surface area contributed by atoms with E-state index in [-0.39, 0.29) is 30.1 Å². The molecule has 2 amide bonds. The van der Waals surface area contributed by atoms with Crippen LogP contribution >= 0.6 is 0 Å². The topological polar surface area (TPSA) is 75.1 Å². The zero-order valence-corrected chi connectivity index (χ0v) is 28.2. The van der Waals surface area contributed by atoms with Gasteiger partial charge in [0.25, 0.3) is 5.91 Å². The second kappa shape index (κ2) is 12.0. The summed E-state index contributed by atoms with van der Waals surface area (Å²) in [7, 11) is -1.22. The fourth-order valence-corrected chi connectivity index (χ4v) is 8.27. The minimum absolute atomic E-state index is 0.0923. The van der Waals surface area contributed by atoms with Crippen molar-refractivity contribution >= 4 is 37.5 Å². The number of carbonyl (C=O) groups is 2. The fourth-order valence-electron chi connectivity index (χ4n) is 7.51. The van der Waals surface area contributed by atoms with Gasteiger partial charge in [-0.15, -0.1) is 0 Å². The van der Waals surface area contributed by atoms with Crippen molar-refractivity contribution in [3.8, 4) is 0 Å². The lowest BCUT2D eigenvalue weighted by Gasteiger charge is -2.35. The molecule has 6 rings (SSSR count). The van der Waals surface area contributed by atoms with Crippen LogP contribution in [0.5, 0.6) is 0 Å². The SMILES string of the molecule is CC(C)C1=NC2(CCCCCC2)N(CC=Cc2ccc3c(c2)CC2(C3)C(=O)N(COCC[Si](C)(C)C)c3ncccc32)C1=O. The molecular formula is C36H48N4O3Si. The molecule has 1 saturated carbocycles. The fraction of sp³-hybridized carbons (Fsp3) is 0.556. The summed E-state index contributed by atoms with van der Waals surface area (Å²) in [6.45, 7) is 12.6. The number of ether oxygens (including phenoxy) is 1. The second-order valence-corrected chi connectivity index (χ2v) is 20.4. The summed E-state index contributed by atoms with van der Waals surface area (Å²) in [5, 5.41) is 0. The molecule has 0 N–H and O–H groups in total. The Hall–Kier alpha value is -3.10. The molecule has 7 nitrogen and oxygen atoms in total. The third-order valence-electron chi connectivity index (χ3n) is 9.99. The summed E-state index contributed by atoms with van der Waals surface area (Å²) in [6, 6.07) is 11.6. The smallest absolute Gasteiger partial charge is 0.270 e. The van der Waals surface area contributed by atoms with Crippen molar-refractivity contribution in [2.24, 2.45) is 10.9 Å². The first kappa shape index (κ1) is 30.9. The Morgan fingerprint density at radius 3 is 2.50 bits per heavy atom. The van der Waals surface area contributed by atoms with E-state index < -0.39 is 13.5 Å². The molecule has 2 aliphatic carbocycles. The van der Waals surface area contributed by atoms with Crippen LogP contribution in [0, 0.1) is 5.92 Å². The van der Waals surface area contributed by atoms with Gasteiger partial charge in [-0.3, -0.25) is 19.5 Å². The van der Waals surface area contributed by atoms with E-state index >= 15 is 0 Å². The maximum Gasteiger partial charge on any atom is 0.270 e. The van der Waals surface area contributed by atoms with E-state index in [9.17, 15) is 9.59 Å². The van der Waals surface area contributed by atoms with Gasteiger partial charge < -0.3 is 9.64 Å². The number of pyridine rings is 1. The van der Waals surface area contributed by atoms with Crippen molar-refractivity contribution in [3.05, 3.63) is 64.9 Å². The zero-order valence-electron chi connectivity index (χ0n) is 27.2. The number of nitrogens with zero attached hydrogens (tertiary/aromatic N) is 4. The van der Waals surface area contributed by atoms with Gasteiger partial charge in [-0.25, -0.2) is 4.98 Å². The molecule has 2 aliphatic heterocycles. The number of aliphatic imine (C=N–C) groups is 1. The highest BCUT2D eigenvalue weighted by Crippen LogP contribution is 2.49. The third-order valence-corrected chi connectivity index (χ3v) is 11.7. The van der Waals surface area contributed by atoms with Crippen molar-refractivity contribution in [3.63, 3.8) is 0 Å². The van der Waals surface area contributed by atoms with Crippen LogP contribution in [0.2, 0.25) is 25.7 Å². The lowest BCUT2D eigenvalue weighted by Crippen LogP contribution is -2.46. The molecule has 2 aromatic rings. The number of hydrogen-bond acceptors (Lipinski definition) is 5. The maximum absolute atomic E-state index is 14.1. The molecule has 1 aromatic carbocycles. The summed E-state index contributed by atoms with van der Waals surface area (Å²) < 4.78 is 6.04. The van der Waals surface area contributed by atoms with Crippen LogP contribution in [0.15, 0.2) is 47.6 Å². The van der Waals surface area contributed by atoms with Gasteiger partial charge in [-0.2, -0.15) is 0 Å². The predicted molar refractivity (Wildman–Crippen MR) is 180 cm³/mol. The number of carbonyl (C=O) groups excluding carboxylic acids is 2. The average molecular weight is 613 g/mol. The highest BCUT2D eigenvalue weighted by atomic mass is 28.3. The molecule has 1 aromatic heterocycles. The summed E-state index contributed by atoms with van der Waals surface area (Å²) in [5.74, 6) is 1.06. The minimum atomic E-state index is -1.22. The van der Waals surface area contributed by atoms with Crippen LogP contribution in [0.4, 0.5) is 5.82 Å². The quantitative estimate of drug-likeness (QED) is 0.231. The molecule has 1 fully saturated rings. The minimum Gasteiger partial charge on any atom is -0.361 e. The molecule has 0 saturated heterocycles. The largest absolute Gasteiger partial charge is 0.361 e. The van der Waals surface area contributed by atoms with E-state index in [4.69, 9.17) is 9.73 Å². The monoisotopic (exact) mass is 612 g/mol. The van der Waals surface area contributed by atoms with Crippen LogP contribution in [-0.4, -0.2) is 61.0 Å². The van der Waals surface area contributed by atoms with E-state index in [0.29, 0.717) is 26.0 Å². The van der Waals surface area contributed by atoms with Crippen molar-refractivity contribution in [2.45, 2.75) is 102 Å². The van der Waals surface area contributed by atoms with Gasteiger partial charge >= 0.3 is 0 Å². The van der Waals surface area contributed by atoms with E-state index in [0.717, 1.165) is 54.4 Å². The van der Waals surface area contributed by atoms with Gasteiger partial charge in [0.15, 0.2) is 0 Å². The number of amides is 2. The van der Waals surface area contributed by atoms with Gasteiger partial charge in [-0.05, 0) is 67.3 Å². The summed E-state index contributed by atoms with van der Waals surface area (Å²) in [5.41, 5.74) is 4.25. The van der Waals surface area contributed by atoms with Crippen molar-refractivity contribution in [1.29, 1.82) is 0 Å². The highest BCUT2D eigenvalue weighted by Gasteiger charge is 2.54. The number of rotatable bonds is 9. The van der Waals surface area contributed by atoms with E-state index in [1.807, 2.05) is 11.0 Å². The van der Waals surface area contributed by atoms with Gasteiger partial charge in [0.2, 0.25) is 5.91 Å². The number of fused-ring (bicyclic) bond motifs is 3.